The number of rotatable bonds is 8. The van der Waals surface area contributed by atoms with E-state index in [1.54, 1.807) is 0 Å². The Balaban J connectivity index is 0.00000320. The van der Waals surface area contributed by atoms with Gasteiger partial charge in [-0.05, 0) is 91.0 Å². The summed E-state index contributed by atoms with van der Waals surface area (Å²) in [6.45, 7) is 1.27. The molecule has 1 fully saturated rings. The second-order valence-corrected chi connectivity index (χ2v) is 11.6. The highest BCUT2D eigenvalue weighted by atomic mass is 35.5. The minimum atomic E-state index is -3.67. The number of halogens is 2. The Morgan fingerprint density at radius 3 is 2.46 bits per heavy atom. The lowest BCUT2D eigenvalue weighted by Gasteiger charge is -2.50. The normalized spacial score (nSPS) is 18.0. The maximum Gasteiger partial charge on any atom is 0.240 e. The fourth-order valence-corrected chi connectivity index (χ4v) is 6.47. The van der Waals surface area contributed by atoms with Crippen LogP contribution in [0.3, 0.4) is 0 Å². The molecule has 5 rings (SSSR count). The molecule has 194 valence electrons. The highest BCUT2D eigenvalue weighted by Crippen LogP contribution is 2.53. The van der Waals surface area contributed by atoms with Crippen molar-refractivity contribution in [2.75, 3.05) is 19.7 Å². The lowest BCUT2D eigenvalue weighted by molar-refractivity contribution is 0.164. The summed E-state index contributed by atoms with van der Waals surface area (Å²) in [7, 11) is -3.67. The monoisotopic (exact) mass is 557 g/mol. The lowest BCUT2D eigenvalue weighted by atomic mass is 9.58. The summed E-state index contributed by atoms with van der Waals surface area (Å²) in [5.74, 6) is 0.727. The molecular formula is C28H29Cl2N3O3S. The van der Waals surface area contributed by atoms with Crippen LogP contribution < -0.4 is 14.8 Å². The third kappa shape index (κ3) is 5.64. The highest BCUT2D eigenvalue weighted by Gasteiger charge is 2.47. The van der Waals surface area contributed by atoms with Crippen molar-refractivity contribution >= 4 is 34.0 Å². The molecule has 3 aromatic carbocycles. The van der Waals surface area contributed by atoms with Crippen LogP contribution >= 0.6 is 24.0 Å². The van der Waals surface area contributed by atoms with Gasteiger partial charge in [0.25, 0.3) is 0 Å². The summed E-state index contributed by atoms with van der Waals surface area (Å²) in [5, 5.41) is 13.4. The van der Waals surface area contributed by atoms with E-state index in [0.29, 0.717) is 5.56 Å². The number of ether oxygens (including phenoxy) is 1. The summed E-state index contributed by atoms with van der Waals surface area (Å²) in [6.07, 6.45) is 4.40. The first-order valence-electron chi connectivity index (χ1n) is 12.2. The highest BCUT2D eigenvalue weighted by molar-refractivity contribution is 7.89. The van der Waals surface area contributed by atoms with Gasteiger partial charge in [0.1, 0.15) is 12.4 Å². The molecule has 1 aliphatic carbocycles. The summed E-state index contributed by atoms with van der Waals surface area (Å²) in [5.41, 5.74) is 4.35. The van der Waals surface area contributed by atoms with Crippen LogP contribution in [0.1, 0.15) is 47.6 Å². The fraction of sp³-hybridized carbons (Fsp3) is 0.321. The van der Waals surface area contributed by atoms with Crippen molar-refractivity contribution in [2.24, 2.45) is 0 Å². The van der Waals surface area contributed by atoms with Crippen LogP contribution in [0.25, 0.3) is 0 Å². The second kappa shape index (κ2) is 11.4. The third-order valence-electron chi connectivity index (χ3n) is 7.35. The maximum absolute atomic E-state index is 12.5. The largest absolute Gasteiger partial charge is 0.492 e. The Morgan fingerprint density at radius 1 is 1.08 bits per heavy atom. The van der Waals surface area contributed by atoms with Gasteiger partial charge >= 0.3 is 0 Å². The lowest BCUT2D eigenvalue weighted by Crippen LogP contribution is -2.49. The molecule has 2 aliphatic rings. The molecule has 9 heteroatoms. The minimum Gasteiger partial charge on any atom is -0.492 e. The second-order valence-electron chi connectivity index (χ2n) is 9.40. The Hall–Kier alpha value is -2.60. The molecule has 1 aliphatic heterocycles. The zero-order valence-corrected chi connectivity index (χ0v) is 22.6. The van der Waals surface area contributed by atoms with Gasteiger partial charge in [0.05, 0.1) is 16.5 Å². The maximum atomic E-state index is 12.5. The van der Waals surface area contributed by atoms with E-state index < -0.39 is 10.0 Å². The molecule has 1 unspecified atom stereocenters. The van der Waals surface area contributed by atoms with Crippen LogP contribution in [-0.2, 0) is 21.9 Å². The Labute approximate surface area is 229 Å². The molecular weight excluding hydrogens is 529 g/mol. The third-order valence-corrected chi connectivity index (χ3v) is 9.07. The summed E-state index contributed by atoms with van der Waals surface area (Å²) < 4.78 is 33.6. The van der Waals surface area contributed by atoms with Crippen molar-refractivity contribution in [1.82, 2.24) is 10.0 Å². The molecule has 1 atom stereocenters. The van der Waals surface area contributed by atoms with E-state index in [1.165, 1.54) is 47.4 Å². The summed E-state index contributed by atoms with van der Waals surface area (Å²) >= 11 is 6.16. The molecule has 0 aromatic heterocycles. The quantitative estimate of drug-likeness (QED) is 0.367. The van der Waals surface area contributed by atoms with E-state index in [9.17, 15) is 8.42 Å². The predicted octanol–water partition coefficient (Wildman–Crippen LogP) is 5.30. The number of nitrogens with one attached hydrogen (secondary N) is 2. The number of sulfonamides is 1. The molecule has 6 nitrogen and oxygen atoms in total. The van der Waals surface area contributed by atoms with E-state index in [1.807, 2.05) is 24.3 Å². The van der Waals surface area contributed by atoms with Gasteiger partial charge < -0.3 is 10.1 Å². The van der Waals surface area contributed by atoms with Gasteiger partial charge in [-0.1, -0.05) is 36.2 Å². The average molecular weight is 559 g/mol. The van der Waals surface area contributed by atoms with Crippen LogP contribution in [0, 0.1) is 11.3 Å². The molecule has 0 bridgehead atoms. The molecule has 1 saturated carbocycles. The zero-order chi connectivity index (χ0) is 25.2. The number of benzene rings is 3. The number of hydrogen-bond acceptors (Lipinski definition) is 5. The van der Waals surface area contributed by atoms with Gasteiger partial charge in [-0.2, -0.15) is 5.26 Å². The Kier molecular flexibility index (Phi) is 8.47. The van der Waals surface area contributed by atoms with Crippen LogP contribution in [0.5, 0.6) is 5.75 Å². The van der Waals surface area contributed by atoms with Gasteiger partial charge in [0.2, 0.25) is 10.0 Å². The fourth-order valence-electron chi connectivity index (χ4n) is 5.33. The van der Waals surface area contributed by atoms with Gasteiger partial charge in [0, 0.05) is 23.0 Å². The summed E-state index contributed by atoms with van der Waals surface area (Å²) in [4.78, 5) is 0.122. The molecule has 0 amide bonds. The van der Waals surface area contributed by atoms with Crippen molar-refractivity contribution in [1.29, 1.82) is 5.26 Å². The minimum absolute atomic E-state index is 0. The van der Waals surface area contributed by atoms with E-state index in [4.69, 9.17) is 21.6 Å². The standard InChI is InChI=1S/C28H28ClN3O3S.ClH/c29-23-7-5-22(6-8-23)28(13-1-14-28)27-26-18-24(9-4-21(26)12-15-31-27)35-17-16-32-36(33,34)25-10-2-20(19-30)3-11-25;/h2-11,18,27,31-32H,1,12-17H2;1H. The Morgan fingerprint density at radius 2 is 1.81 bits per heavy atom. The number of nitrogens with zero attached hydrogens (tertiary/aromatic N) is 1. The van der Waals surface area contributed by atoms with Crippen LogP contribution in [0.2, 0.25) is 5.02 Å². The van der Waals surface area contributed by atoms with E-state index in [0.717, 1.165) is 36.6 Å². The van der Waals surface area contributed by atoms with Gasteiger partial charge in [0.15, 0.2) is 0 Å². The van der Waals surface area contributed by atoms with Gasteiger partial charge in [-0.25, -0.2) is 13.1 Å². The molecule has 0 radical (unpaired) electrons. The molecule has 37 heavy (non-hydrogen) atoms. The number of hydrogen-bond donors (Lipinski definition) is 2. The van der Waals surface area contributed by atoms with Crippen LogP contribution in [0.4, 0.5) is 0 Å². The average Bonchev–Trinajstić information content (AvgIpc) is 2.87. The van der Waals surface area contributed by atoms with E-state index >= 15 is 0 Å². The van der Waals surface area contributed by atoms with Crippen molar-refractivity contribution in [2.45, 2.75) is 42.0 Å². The number of nitriles is 1. The zero-order valence-electron chi connectivity index (χ0n) is 20.2. The molecule has 2 N–H and O–H groups in total. The first-order valence-corrected chi connectivity index (χ1v) is 14.0. The SMILES string of the molecule is Cl.N#Cc1ccc(S(=O)(=O)NCCOc2ccc3c(c2)C(C2(c4ccc(Cl)cc4)CCC2)NCC3)cc1. The molecule has 3 aromatic rings. The van der Waals surface area contributed by atoms with Crippen molar-refractivity contribution in [3.8, 4) is 11.8 Å². The Bertz CT molecular complexity index is 1380. The topological polar surface area (TPSA) is 91.2 Å². The van der Waals surface area contributed by atoms with Crippen molar-refractivity contribution < 1.29 is 13.2 Å². The van der Waals surface area contributed by atoms with Crippen LogP contribution in [0.15, 0.2) is 71.6 Å². The van der Waals surface area contributed by atoms with Gasteiger partial charge in [-0.3, -0.25) is 0 Å². The predicted molar refractivity (Wildman–Crippen MR) is 147 cm³/mol. The molecule has 0 saturated heterocycles. The summed E-state index contributed by atoms with van der Waals surface area (Å²) in [6, 6.07) is 22.4. The van der Waals surface area contributed by atoms with E-state index in [-0.39, 0.29) is 41.9 Å². The van der Waals surface area contributed by atoms with E-state index in [2.05, 4.69) is 34.3 Å². The van der Waals surface area contributed by atoms with Crippen LogP contribution in [-0.4, -0.2) is 28.1 Å². The smallest absolute Gasteiger partial charge is 0.240 e. The first-order chi connectivity index (χ1) is 17.4. The number of fused-ring (bicyclic) bond motifs is 1. The molecule has 0 spiro atoms. The van der Waals surface area contributed by atoms with Crippen molar-refractivity contribution in [3.63, 3.8) is 0 Å². The first kappa shape index (κ1) is 27.4. The van der Waals surface area contributed by atoms with Gasteiger partial charge in [-0.15, -0.1) is 12.4 Å². The molecule has 1 heterocycles. The van der Waals surface area contributed by atoms with Crippen molar-refractivity contribution in [3.05, 3.63) is 94.0 Å².